The van der Waals surface area contributed by atoms with Crippen molar-refractivity contribution >= 4 is 0 Å². The van der Waals surface area contributed by atoms with Gasteiger partial charge in [0.25, 0.3) is 0 Å². The maximum Gasteiger partial charge on any atom is 0.0434 e. The molecule has 1 unspecified atom stereocenters. The average molecular weight is 214 g/mol. The Morgan fingerprint density at radius 3 is 2.80 bits per heavy atom. The molecule has 1 fully saturated rings. The lowest BCUT2D eigenvalue weighted by Crippen LogP contribution is -2.30. The molecule has 0 spiro atoms. The Bertz CT molecular complexity index is 182. The van der Waals surface area contributed by atoms with Crippen LogP contribution in [0, 0.1) is 11.3 Å². The Hall–Kier alpha value is -0.120. The zero-order valence-electron chi connectivity index (χ0n) is 10.2. The fourth-order valence-electron chi connectivity index (χ4n) is 2.10. The molecule has 3 heteroatoms. The fourth-order valence-corrected chi connectivity index (χ4v) is 2.10. The van der Waals surface area contributed by atoms with Crippen molar-refractivity contribution in [3.05, 3.63) is 0 Å². The Labute approximate surface area is 93.6 Å². The summed E-state index contributed by atoms with van der Waals surface area (Å²) < 4.78 is 0. The van der Waals surface area contributed by atoms with Crippen LogP contribution in [-0.4, -0.2) is 42.8 Å². The van der Waals surface area contributed by atoms with Gasteiger partial charge in [0.2, 0.25) is 0 Å². The standard InChI is InChI=1S/C12H26N2O/c1-12(2,10-13)5-7-14-6-3-11(9-14)4-8-15/h11,15H,3-10,13H2,1-2H3. The molecule has 0 aromatic rings. The maximum atomic E-state index is 8.88. The molecule has 90 valence electrons. The number of nitrogens with two attached hydrogens (primary N) is 1. The number of nitrogens with zero attached hydrogens (tertiary/aromatic N) is 1. The minimum atomic E-state index is 0.273. The van der Waals surface area contributed by atoms with E-state index in [1.54, 1.807) is 0 Å². The van der Waals surface area contributed by atoms with E-state index in [4.69, 9.17) is 10.8 Å². The molecule has 1 saturated heterocycles. The van der Waals surface area contributed by atoms with E-state index in [-0.39, 0.29) is 5.41 Å². The van der Waals surface area contributed by atoms with Crippen LogP contribution in [-0.2, 0) is 0 Å². The van der Waals surface area contributed by atoms with Gasteiger partial charge in [0.15, 0.2) is 0 Å². The van der Waals surface area contributed by atoms with Crippen molar-refractivity contribution in [1.29, 1.82) is 0 Å². The number of aliphatic hydroxyl groups is 1. The molecule has 1 atom stereocenters. The Kier molecular flexibility index (Phi) is 5.03. The monoisotopic (exact) mass is 214 g/mol. The fraction of sp³-hybridized carbons (Fsp3) is 1.00. The summed E-state index contributed by atoms with van der Waals surface area (Å²) in [7, 11) is 0. The molecule has 0 radical (unpaired) electrons. The summed E-state index contributed by atoms with van der Waals surface area (Å²) in [5.41, 5.74) is 5.99. The predicted molar refractivity (Wildman–Crippen MR) is 63.7 cm³/mol. The van der Waals surface area contributed by atoms with Gasteiger partial charge in [-0.25, -0.2) is 0 Å². The van der Waals surface area contributed by atoms with E-state index in [0.29, 0.717) is 6.61 Å². The Morgan fingerprint density at radius 1 is 1.47 bits per heavy atom. The van der Waals surface area contributed by atoms with Crippen molar-refractivity contribution in [1.82, 2.24) is 4.90 Å². The van der Waals surface area contributed by atoms with E-state index in [1.807, 2.05) is 0 Å². The Balaban J connectivity index is 2.19. The van der Waals surface area contributed by atoms with Gasteiger partial charge < -0.3 is 15.7 Å². The molecular formula is C12H26N2O. The summed E-state index contributed by atoms with van der Waals surface area (Å²) in [6, 6.07) is 0. The third kappa shape index (κ3) is 4.49. The summed E-state index contributed by atoms with van der Waals surface area (Å²) in [4.78, 5) is 2.51. The van der Waals surface area contributed by atoms with Crippen molar-refractivity contribution in [3.8, 4) is 0 Å². The van der Waals surface area contributed by atoms with Crippen LogP contribution in [0.5, 0.6) is 0 Å². The van der Waals surface area contributed by atoms with E-state index in [9.17, 15) is 0 Å². The lowest BCUT2D eigenvalue weighted by atomic mass is 9.89. The average Bonchev–Trinajstić information content (AvgIpc) is 2.64. The number of hydrogen-bond acceptors (Lipinski definition) is 3. The normalized spacial score (nSPS) is 23.6. The van der Waals surface area contributed by atoms with Crippen molar-refractivity contribution in [2.45, 2.75) is 33.1 Å². The topological polar surface area (TPSA) is 49.5 Å². The summed E-state index contributed by atoms with van der Waals surface area (Å²) in [5, 5.41) is 8.88. The number of aliphatic hydroxyl groups excluding tert-OH is 1. The first-order valence-electron chi connectivity index (χ1n) is 6.11. The van der Waals surface area contributed by atoms with Gasteiger partial charge in [0.1, 0.15) is 0 Å². The maximum absolute atomic E-state index is 8.88. The van der Waals surface area contributed by atoms with Crippen LogP contribution in [0.15, 0.2) is 0 Å². The van der Waals surface area contributed by atoms with Crippen LogP contribution in [0.4, 0.5) is 0 Å². The van der Waals surface area contributed by atoms with Crippen LogP contribution in [0.3, 0.4) is 0 Å². The highest BCUT2D eigenvalue weighted by atomic mass is 16.3. The first-order valence-corrected chi connectivity index (χ1v) is 6.11. The predicted octanol–water partition coefficient (Wildman–Crippen LogP) is 1.07. The largest absolute Gasteiger partial charge is 0.396 e. The van der Waals surface area contributed by atoms with Gasteiger partial charge in [0.05, 0.1) is 0 Å². The van der Waals surface area contributed by atoms with Crippen LogP contribution < -0.4 is 5.73 Å². The summed E-state index contributed by atoms with van der Waals surface area (Å²) in [5.74, 6) is 0.719. The van der Waals surface area contributed by atoms with E-state index in [1.165, 1.54) is 25.9 Å². The molecular weight excluding hydrogens is 188 g/mol. The first-order chi connectivity index (χ1) is 7.07. The van der Waals surface area contributed by atoms with Gasteiger partial charge in [-0.2, -0.15) is 0 Å². The molecule has 0 amide bonds. The Morgan fingerprint density at radius 2 is 2.20 bits per heavy atom. The van der Waals surface area contributed by atoms with Crippen LogP contribution in [0.25, 0.3) is 0 Å². The third-order valence-electron chi connectivity index (χ3n) is 3.56. The van der Waals surface area contributed by atoms with Crippen molar-refractivity contribution < 1.29 is 5.11 Å². The SMILES string of the molecule is CC(C)(CN)CCN1CCC(CCO)C1. The minimum absolute atomic E-state index is 0.273. The third-order valence-corrected chi connectivity index (χ3v) is 3.56. The molecule has 1 rings (SSSR count). The van der Waals surface area contributed by atoms with Gasteiger partial charge in [-0.3, -0.25) is 0 Å². The molecule has 0 aliphatic carbocycles. The second kappa shape index (κ2) is 5.83. The number of hydrogen-bond donors (Lipinski definition) is 2. The van der Waals surface area contributed by atoms with E-state index in [2.05, 4.69) is 18.7 Å². The van der Waals surface area contributed by atoms with E-state index < -0.39 is 0 Å². The van der Waals surface area contributed by atoms with Crippen LogP contribution in [0.2, 0.25) is 0 Å². The highest BCUT2D eigenvalue weighted by Crippen LogP contribution is 2.23. The van der Waals surface area contributed by atoms with Crippen molar-refractivity contribution in [2.24, 2.45) is 17.1 Å². The van der Waals surface area contributed by atoms with Gasteiger partial charge in [-0.05, 0) is 50.2 Å². The molecule has 0 saturated carbocycles. The second-order valence-electron chi connectivity index (χ2n) is 5.59. The quantitative estimate of drug-likeness (QED) is 0.695. The first kappa shape index (κ1) is 12.9. The van der Waals surface area contributed by atoms with Crippen LogP contribution >= 0.6 is 0 Å². The summed E-state index contributed by atoms with van der Waals surface area (Å²) >= 11 is 0. The number of likely N-dealkylation sites (tertiary alicyclic amines) is 1. The lowest BCUT2D eigenvalue weighted by Gasteiger charge is -2.25. The van der Waals surface area contributed by atoms with Gasteiger partial charge in [-0.1, -0.05) is 13.8 Å². The van der Waals surface area contributed by atoms with Crippen LogP contribution in [0.1, 0.15) is 33.1 Å². The molecule has 3 nitrogen and oxygen atoms in total. The van der Waals surface area contributed by atoms with Gasteiger partial charge >= 0.3 is 0 Å². The molecule has 0 aromatic heterocycles. The van der Waals surface area contributed by atoms with Gasteiger partial charge in [-0.15, -0.1) is 0 Å². The van der Waals surface area contributed by atoms with Gasteiger partial charge in [0, 0.05) is 13.2 Å². The molecule has 15 heavy (non-hydrogen) atoms. The zero-order chi connectivity index (χ0) is 11.3. The molecule has 0 bridgehead atoms. The van der Waals surface area contributed by atoms with Crippen molar-refractivity contribution in [3.63, 3.8) is 0 Å². The summed E-state index contributed by atoms with van der Waals surface area (Å²) in [6.45, 7) is 9.09. The zero-order valence-corrected chi connectivity index (χ0v) is 10.2. The lowest BCUT2D eigenvalue weighted by molar-refractivity contribution is 0.232. The van der Waals surface area contributed by atoms with E-state index >= 15 is 0 Å². The molecule has 1 aliphatic heterocycles. The molecule has 0 aromatic carbocycles. The minimum Gasteiger partial charge on any atom is -0.396 e. The number of rotatable bonds is 6. The summed E-state index contributed by atoms with van der Waals surface area (Å²) in [6.07, 6.45) is 3.40. The van der Waals surface area contributed by atoms with E-state index in [0.717, 1.165) is 25.4 Å². The molecule has 1 heterocycles. The second-order valence-corrected chi connectivity index (χ2v) is 5.59. The molecule has 1 aliphatic rings. The smallest absolute Gasteiger partial charge is 0.0434 e. The molecule has 3 N–H and O–H groups in total. The highest BCUT2D eigenvalue weighted by Gasteiger charge is 2.24. The van der Waals surface area contributed by atoms with Crippen molar-refractivity contribution in [2.75, 3.05) is 32.8 Å². The highest BCUT2D eigenvalue weighted by molar-refractivity contribution is 4.78.